The second-order valence-corrected chi connectivity index (χ2v) is 3.83. The van der Waals surface area contributed by atoms with Crippen molar-refractivity contribution < 1.29 is 0 Å². The van der Waals surface area contributed by atoms with Gasteiger partial charge in [0, 0.05) is 6.04 Å². The molecule has 1 aliphatic heterocycles. The summed E-state index contributed by atoms with van der Waals surface area (Å²) in [6.07, 6.45) is 2.25. The van der Waals surface area contributed by atoms with Gasteiger partial charge in [0.25, 0.3) is 0 Å². The molecule has 0 aromatic heterocycles. The second-order valence-electron chi connectivity index (χ2n) is 3.83. The zero-order chi connectivity index (χ0) is 10.5. The number of nitriles is 1. The molecule has 3 nitrogen and oxygen atoms in total. The molecule has 5 heteroatoms. The average molecular weight is 274 g/mol. The first-order valence-corrected chi connectivity index (χ1v) is 5.36. The Balaban J connectivity index is 0.00000128. The fraction of sp³-hybridized carbons (Fsp3) is 0.417. The molecular weight excluding hydrogens is 257 g/mol. The van der Waals surface area contributed by atoms with Crippen molar-refractivity contribution in [2.75, 3.05) is 18.4 Å². The van der Waals surface area contributed by atoms with Gasteiger partial charge in [0.15, 0.2) is 0 Å². The quantitative estimate of drug-likeness (QED) is 0.871. The van der Waals surface area contributed by atoms with Gasteiger partial charge >= 0.3 is 0 Å². The van der Waals surface area contributed by atoms with Gasteiger partial charge in [0.05, 0.1) is 11.3 Å². The van der Waals surface area contributed by atoms with Crippen molar-refractivity contribution in [3.8, 4) is 6.07 Å². The zero-order valence-electron chi connectivity index (χ0n) is 9.48. The Bertz CT molecular complexity index is 370. The van der Waals surface area contributed by atoms with Crippen LogP contribution in [0.3, 0.4) is 0 Å². The minimum Gasteiger partial charge on any atom is -0.381 e. The van der Waals surface area contributed by atoms with E-state index in [1.807, 2.05) is 24.3 Å². The number of halogens is 2. The topological polar surface area (TPSA) is 47.9 Å². The minimum absolute atomic E-state index is 0. The smallest absolute Gasteiger partial charge is 0.101 e. The fourth-order valence-corrected chi connectivity index (χ4v) is 1.89. The van der Waals surface area contributed by atoms with Gasteiger partial charge in [-0.05, 0) is 38.1 Å². The predicted molar refractivity (Wildman–Crippen MR) is 75.2 cm³/mol. The summed E-state index contributed by atoms with van der Waals surface area (Å²) in [7, 11) is 0. The maximum absolute atomic E-state index is 8.95. The molecule has 1 aromatic rings. The Hall–Kier alpha value is -0.950. The molecule has 0 unspecified atom stereocenters. The zero-order valence-corrected chi connectivity index (χ0v) is 11.1. The summed E-state index contributed by atoms with van der Waals surface area (Å²) in [5, 5.41) is 15.7. The maximum atomic E-state index is 8.95. The van der Waals surface area contributed by atoms with Crippen molar-refractivity contribution in [3.05, 3.63) is 29.8 Å². The maximum Gasteiger partial charge on any atom is 0.101 e. The Morgan fingerprint density at radius 3 is 2.47 bits per heavy atom. The van der Waals surface area contributed by atoms with Crippen LogP contribution in [-0.4, -0.2) is 19.1 Å². The van der Waals surface area contributed by atoms with Crippen molar-refractivity contribution in [2.24, 2.45) is 0 Å². The van der Waals surface area contributed by atoms with E-state index in [0.717, 1.165) is 37.2 Å². The number of nitrogens with one attached hydrogen (secondary N) is 2. The summed E-state index contributed by atoms with van der Waals surface area (Å²) in [5.74, 6) is 0. The van der Waals surface area contributed by atoms with E-state index in [1.54, 1.807) is 0 Å². The van der Waals surface area contributed by atoms with Crippen molar-refractivity contribution in [3.63, 3.8) is 0 Å². The lowest BCUT2D eigenvalue weighted by atomic mass is 10.1. The van der Waals surface area contributed by atoms with Crippen molar-refractivity contribution in [1.82, 2.24) is 5.32 Å². The molecule has 0 bridgehead atoms. The third kappa shape index (κ3) is 4.43. The molecule has 0 amide bonds. The molecular formula is C12H17Cl2N3. The summed E-state index contributed by atoms with van der Waals surface area (Å²) in [6.45, 7) is 2.12. The van der Waals surface area contributed by atoms with Crippen LogP contribution >= 0.6 is 24.8 Å². The van der Waals surface area contributed by atoms with Crippen LogP contribution in [0.5, 0.6) is 0 Å². The molecule has 1 aliphatic rings. The number of para-hydroxylation sites is 1. The first kappa shape index (κ1) is 16.1. The molecule has 1 heterocycles. The SMILES string of the molecule is Cl.Cl.N#Cc1ccccc1NC1CCNCC1. The number of nitrogens with zero attached hydrogens (tertiary/aromatic N) is 1. The van der Waals surface area contributed by atoms with E-state index in [9.17, 15) is 0 Å². The Morgan fingerprint density at radius 1 is 1.18 bits per heavy atom. The van der Waals surface area contributed by atoms with Gasteiger partial charge in [-0.3, -0.25) is 0 Å². The van der Waals surface area contributed by atoms with E-state index in [2.05, 4.69) is 16.7 Å². The van der Waals surface area contributed by atoms with E-state index in [4.69, 9.17) is 5.26 Å². The van der Waals surface area contributed by atoms with E-state index < -0.39 is 0 Å². The van der Waals surface area contributed by atoms with Crippen LogP contribution in [0.25, 0.3) is 0 Å². The Kier molecular flexibility index (Phi) is 7.73. The van der Waals surface area contributed by atoms with Crippen LogP contribution in [0.15, 0.2) is 24.3 Å². The highest BCUT2D eigenvalue weighted by Gasteiger charge is 2.13. The standard InChI is InChI=1S/C12H15N3.2ClH/c13-9-10-3-1-2-4-12(10)15-11-5-7-14-8-6-11;;/h1-4,11,14-15H,5-8H2;2*1H. The first-order chi connectivity index (χ1) is 7.40. The molecule has 0 saturated carbocycles. The summed E-state index contributed by atoms with van der Waals surface area (Å²) in [6, 6.07) is 10.4. The van der Waals surface area contributed by atoms with Gasteiger partial charge in [-0.25, -0.2) is 0 Å². The Labute approximate surface area is 114 Å². The Morgan fingerprint density at radius 2 is 1.82 bits per heavy atom. The molecule has 17 heavy (non-hydrogen) atoms. The summed E-state index contributed by atoms with van der Waals surface area (Å²) in [4.78, 5) is 0. The molecule has 1 aromatic carbocycles. The largest absolute Gasteiger partial charge is 0.381 e. The van der Waals surface area contributed by atoms with Gasteiger partial charge in [0.2, 0.25) is 0 Å². The molecule has 0 atom stereocenters. The highest BCUT2D eigenvalue weighted by Crippen LogP contribution is 2.17. The van der Waals surface area contributed by atoms with Gasteiger partial charge in [-0.1, -0.05) is 12.1 Å². The van der Waals surface area contributed by atoms with Gasteiger partial charge in [0.1, 0.15) is 6.07 Å². The lowest BCUT2D eigenvalue weighted by Crippen LogP contribution is -2.35. The summed E-state index contributed by atoms with van der Waals surface area (Å²) >= 11 is 0. The minimum atomic E-state index is 0. The van der Waals surface area contributed by atoms with Crippen LogP contribution < -0.4 is 10.6 Å². The highest BCUT2D eigenvalue weighted by atomic mass is 35.5. The number of piperidine rings is 1. The molecule has 0 radical (unpaired) electrons. The normalized spacial score (nSPS) is 15.0. The molecule has 1 saturated heterocycles. The second kappa shape index (κ2) is 8.19. The lowest BCUT2D eigenvalue weighted by Gasteiger charge is -2.25. The van der Waals surface area contributed by atoms with E-state index in [1.165, 1.54) is 0 Å². The van der Waals surface area contributed by atoms with Crippen LogP contribution in [-0.2, 0) is 0 Å². The molecule has 2 N–H and O–H groups in total. The molecule has 1 fully saturated rings. The monoisotopic (exact) mass is 273 g/mol. The highest BCUT2D eigenvalue weighted by molar-refractivity contribution is 5.85. The van der Waals surface area contributed by atoms with Gasteiger partial charge in [-0.2, -0.15) is 5.26 Å². The number of hydrogen-bond donors (Lipinski definition) is 2. The number of hydrogen-bond acceptors (Lipinski definition) is 3. The lowest BCUT2D eigenvalue weighted by molar-refractivity contribution is 0.479. The third-order valence-corrected chi connectivity index (χ3v) is 2.75. The molecule has 2 rings (SSSR count). The number of rotatable bonds is 2. The van der Waals surface area contributed by atoms with Crippen LogP contribution in [0.4, 0.5) is 5.69 Å². The van der Waals surface area contributed by atoms with E-state index >= 15 is 0 Å². The molecule has 0 spiro atoms. The van der Waals surface area contributed by atoms with Crippen molar-refractivity contribution in [2.45, 2.75) is 18.9 Å². The molecule has 0 aliphatic carbocycles. The van der Waals surface area contributed by atoms with E-state index in [-0.39, 0.29) is 24.8 Å². The third-order valence-electron chi connectivity index (χ3n) is 2.75. The fourth-order valence-electron chi connectivity index (χ4n) is 1.89. The number of anilines is 1. The molecule has 94 valence electrons. The average Bonchev–Trinajstić information content (AvgIpc) is 2.31. The van der Waals surface area contributed by atoms with Gasteiger partial charge in [-0.15, -0.1) is 24.8 Å². The van der Waals surface area contributed by atoms with Crippen molar-refractivity contribution >= 4 is 30.5 Å². The summed E-state index contributed by atoms with van der Waals surface area (Å²) in [5.41, 5.74) is 1.70. The summed E-state index contributed by atoms with van der Waals surface area (Å²) < 4.78 is 0. The first-order valence-electron chi connectivity index (χ1n) is 5.36. The van der Waals surface area contributed by atoms with Crippen LogP contribution in [0, 0.1) is 11.3 Å². The number of benzene rings is 1. The predicted octanol–water partition coefficient (Wildman–Crippen LogP) is 2.57. The van der Waals surface area contributed by atoms with Crippen LogP contribution in [0.1, 0.15) is 18.4 Å². The van der Waals surface area contributed by atoms with Gasteiger partial charge < -0.3 is 10.6 Å². The van der Waals surface area contributed by atoms with E-state index in [0.29, 0.717) is 6.04 Å². The van der Waals surface area contributed by atoms with Crippen molar-refractivity contribution in [1.29, 1.82) is 5.26 Å². The van der Waals surface area contributed by atoms with Crippen LogP contribution in [0.2, 0.25) is 0 Å².